The molecule has 4 saturated heterocycles. The third kappa shape index (κ3) is 18.0. The Balaban J connectivity index is 0.757. The Hall–Kier alpha value is -4.58. The van der Waals surface area contributed by atoms with Gasteiger partial charge in [0.2, 0.25) is 0 Å². The van der Waals surface area contributed by atoms with Gasteiger partial charge in [-0.15, -0.1) is 0 Å². The van der Waals surface area contributed by atoms with E-state index in [0.717, 1.165) is 125 Å². The summed E-state index contributed by atoms with van der Waals surface area (Å²) in [5.41, 5.74) is 8.38. The lowest BCUT2D eigenvalue weighted by atomic mass is 9.99. The van der Waals surface area contributed by atoms with E-state index in [1.54, 1.807) is 0 Å². The molecule has 4 heterocycles. The Morgan fingerprint density at radius 2 is 0.713 bits per heavy atom. The SMILES string of the molecule is CCCCc1ccc(C2OC3COC(c4ccc(CCCC)cc4)OC3C(C(O)COC(=O)CCCCCCCCC(=O)OCC(O)C3OC(c4ccc(CCCC)cc4)OC4COC(c5ccc(CCCC)cc5)OC43)O2)cc1. The van der Waals surface area contributed by atoms with Crippen LogP contribution < -0.4 is 0 Å². The van der Waals surface area contributed by atoms with Crippen LogP contribution in [0.5, 0.6) is 0 Å². The maximum Gasteiger partial charge on any atom is 0.305 e. The summed E-state index contributed by atoms with van der Waals surface area (Å²) in [6, 6.07) is 32.9. The largest absolute Gasteiger partial charge is 0.463 e. The van der Waals surface area contributed by atoms with Crippen LogP contribution in [0.4, 0.5) is 0 Å². The number of hydrogen-bond donors (Lipinski definition) is 2. The fraction of sp³-hybridized carbons (Fsp3) is 0.606. The lowest BCUT2D eigenvalue weighted by Crippen LogP contribution is -2.58. The van der Waals surface area contributed by atoms with Crippen molar-refractivity contribution in [3.05, 3.63) is 142 Å². The van der Waals surface area contributed by atoms with Crippen LogP contribution in [0.25, 0.3) is 0 Å². The lowest BCUT2D eigenvalue weighted by Gasteiger charge is -2.47. The van der Waals surface area contributed by atoms with Gasteiger partial charge >= 0.3 is 11.9 Å². The van der Waals surface area contributed by atoms with Gasteiger partial charge in [0.15, 0.2) is 25.2 Å². The van der Waals surface area contributed by atoms with Gasteiger partial charge in [0.05, 0.1) is 13.2 Å². The number of carbonyl (C=O) groups is 2. The summed E-state index contributed by atoms with van der Waals surface area (Å²) in [6.45, 7) is 8.70. The third-order valence-corrected chi connectivity index (χ3v) is 15.8. The van der Waals surface area contributed by atoms with Crippen molar-refractivity contribution in [1.29, 1.82) is 0 Å². The molecule has 4 aliphatic rings. The summed E-state index contributed by atoms with van der Waals surface area (Å²) >= 11 is 0. The van der Waals surface area contributed by atoms with Crippen molar-refractivity contribution in [3.63, 3.8) is 0 Å². The van der Waals surface area contributed by atoms with E-state index in [-0.39, 0.29) is 39.3 Å². The van der Waals surface area contributed by atoms with E-state index in [2.05, 4.69) is 76.2 Å². The van der Waals surface area contributed by atoms with Gasteiger partial charge in [0.1, 0.15) is 62.0 Å². The van der Waals surface area contributed by atoms with Crippen LogP contribution in [0.15, 0.2) is 97.1 Å². The molecule has 0 spiro atoms. The Morgan fingerprint density at radius 3 is 1.02 bits per heavy atom. The number of aliphatic hydroxyl groups is 2. The zero-order valence-electron chi connectivity index (χ0n) is 47.9. The van der Waals surface area contributed by atoms with Crippen LogP contribution in [0.3, 0.4) is 0 Å². The molecule has 0 bridgehead atoms. The third-order valence-electron chi connectivity index (χ3n) is 15.8. The van der Waals surface area contributed by atoms with Gasteiger partial charge in [0, 0.05) is 35.1 Å². The van der Waals surface area contributed by atoms with Gasteiger partial charge in [0.25, 0.3) is 0 Å². The molecule has 4 aromatic carbocycles. The predicted molar refractivity (Wildman–Crippen MR) is 303 cm³/mol. The Morgan fingerprint density at radius 1 is 0.412 bits per heavy atom. The van der Waals surface area contributed by atoms with Gasteiger partial charge < -0.3 is 57.6 Å². The first kappa shape index (κ1) is 61.5. The fourth-order valence-corrected chi connectivity index (χ4v) is 10.8. The average molecular weight is 1110 g/mol. The van der Waals surface area contributed by atoms with Crippen LogP contribution in [-0.2, 0) is 82.6 Å². The molecule has 0 amide bonds. The maximum atomic E-state index is 13.0. The molecule has 0 radical (unpaired) electrons. The van der Waals surface area contributed by atoms with Crippen molar-refractivity contribution < 1.29 is 67.2 Å². The topological polar surface area (TPSA) is 167 Å². The van der Waals surface area contributed by atoms with E-state index in [9.17, 15) is 19.8 Å². The van der Waals surface area contributed by atoms with E-state index < -0.39 is 85.9 Å². The number of esters is 2. The summed E-state index contributed by atoms with van der Waals surface area (Å²) in [5.74, 6) is -0.787. The van der Waals surface area contributed by atoms with Crippen LogP contribution >= 0.6 is 0 Å². The van der Waals surface area contributed by atoms with E-state index >= 15 is 0 Å². The Kier molecular flexibility index (Phi) is 24.8. The van der Waals surface area contributed by atoms with Crippen molar-refractivity contribution in [1.82, 2.24) is 0 Å². The second kappa shape index (κ2) is 32.3. The van der Waals surface area contributed by atoms with Gasteiger partial charge in [-0.2, -0.15) is 0 Å². The van der Waals surface area contributed by atoms with Crippen LogP contribution in [0, 0.1) is 0 Å². The molecular weight excluding hydrogens is 1020 g/mol. The fourth-order valence-electron chi connectivity index (χ4n) is 10.8. The van der Waals surface area contributed by atoms with Gasteiger partial charge in [-0.1, -0.05) is 176 Å². The van der Waals surface area contributed by atoms with Gasteiger partial charge in [-0.25, -0.2) is 0 Å². The highest BCUT2D eigenvalue weighted by Crippen LogP contribution is 2.41. The average Bonchev–Trinajstić information content (AvgIpc) is 3.51. The van der Waals surface area contributed by atoms with Crippen molar-refractivity contribution in [3.8, 4) is 0 Å². The Bertz CT molecular complexity index is 2240. The quantitative estimate of drug-likeness (QED) is 0.0361. The normalized spacial score (nSPS) is 25.5. The standard InChI is InChI=1S/C66H90O14/c1-5-9-19-45-25-33-49(34-26-45)63-73-43-55-61(79-63)59(77-65(75-55)51-37-29-47(30-38-51)21-11-7-3)53(67)41-71-57(69)23-17-15-13-14-16-18-24-58(70)72-42-54(68)60-62-56(76-66(78-60)52-39-31-48(32-40-52)22-12-8-4)44-74-64(80-62)50-35-27-46(28-36-50)20-10-6-2/h25-40,53-56,59-68H,5-24,41-44H2,1-4H3. The molecule has 12 unspecified atom stereocenters. The monoisotopic (exact) mass is 1110 g/mol. The highest BCUT2D eigenvalue weighted by atomic mass is 16.8. The number of benzene rings is 4. The minimum absolute atomic E-state index is 0.213. The van der Waals surface area contributed by atoms with Crippen molar-refractivity contribution in [2.75, 3.05) is 26.4 Å². The zero-order chi connectivity index (χ0) is 56.1. The van der Waals surface area contributed by atoms with Crippen molar-refractivity contribution in [2.24, 2.45) is 0 Å². The minimum Gasteiger partial charge on any atom is -0.463 e. The molecule has 0 saturated carbocycles. The molecule has 4 aliphatic heterocycles. The maximum absolute atomic E-state index is 13.0. The minimum atomic E-state index is -1.18. The molecule has 4 aromatic rings. The number of unbranched alkanes of at least 4 members (excludes halogenated alkanes) is 9. The molecule has 2 N–H and O–H groups in total. The summed E-state index contributed by atoms with van der Waals surface area (Å²) in [5, 5.41) is 23.3. The lowest BCUT2D eigenvalue weighted by molar-refractivity contribution is -0.373. The van der Waals surface area contributed by atoms with Gasteiger partial charge in [-0.05, 0) is 86.5 Å². The molecule has 80 heavy (non-hydrogen) atoms. The predicted octanol–water partition coefficient (Wildman–Crippen LogP) is 12.5. The number of fused-ring (bicyclic) bond motifs is 2. The summed E-state index contributed by atoms with van der Waals surface area (Å²) in [6.07, 6.45) is 8.68. The number of hydrogen-bond acceptors (Lipinski definition) is 14. The number of ether oxygens (including phenoxy) is 10. The molecule has 8 rings (SSSR count). The summed E-state index contributed by atoms with van der Waals surface area (Å²) in [7, 11) is 0. The molecule has 14 nitrogen and oxygen atoms in total. The van der Waals surface area contributed by atoms with Crippen LogP contribution in [-0.4, -0.2) is 97.4 Å². The summed E-state index contributed by atoms with van der Waals surface area (Å²) in [4.78, 5) is 26.0. The Labute approximate surface area is 475 Å². The van der Waals surface area contributed by atoms with Gasteiger partial charge in [-0.3, -0.25) is 9.59 Å². The van der Waals surface area contributed by atoms with Crippen LogP contribution in [0.1, 0.15) is 200 Å². The number of aliphatic hydroxyl groups excluding tert-OH is 2. The van der Waals surface area contributed by atoms with E-state index in [0.29, 0.717) is 12.8 Å². The van der Waals surface area contributed by atoms with Crippen LogP contribution in [0.2, 0.25) is 0 Å². The highest BCUT2D eigenvalue weighted by molar-refractivity contribution is 5.69. The highest BCUT2D eigenvalue weighted by Gasteiger charge is 2.50. The zero-order valence-corrected chi connectivity index (χ0v) is 47.9. The van der Waals surface area contributed by atoms with Crippen molar-refractivity contribution >= 4 is 11.9 Å². The van der Waals surface area contributed by atoms with E-state index in [1.165, 1.54) is 22.3 Å². The second-order valence-electron chi connectivity index (χ2n) is 22.2. The number of carbonyl (C=O) groups excluding carboxylic acids is 2. The molecule has 14 heteroatoms. The molecule has 0 aromatic heterocycles. The van der Waals surface area contributed by atoms with E-state index in [1.807, 2.05) is 48.5 Å². The molecule has 0 aliphatic carbocycles. The first-order chi connectivity index (χ1) is 39.1. The van der Waals surface area contributed by atoms with E-state index in [4.69, 9.17) is 47.4 Å². The first-order valence-corrected chi connectivity index (χ1v) is 30.3. The molecular formula is C66H90O14. The first-order valence-electron chi connectivity index (χ1n) is 30.3. The smallest absolute Gasteiger partial charge is 0.305 e. The molecule has 12 atom stereocenters. The molecule has 438 valence electrons. The van der Waals surface area contributed by atoms with Crippen molar-refractivity contribution in [2.45, 2.75) is 230 Å². The molecule has 4 fully saturated rings. The summed E-state index contributed by atoms with van der Waals surface area (Å²) < 4.78 is 62.5. The second-order valence-corrected chi connectivity index (χ2v) is 22.2. The number of aryl methyl sites for hydroxylation is 4. The number of rotatable bonds is 31.